The number of rotatable bonds is 11. The Kier molecular flexibility index (Phi) is 19.8. The number of carboxylic acids is 1. The van der Waals surface area contributed by atoms with E-state index in [2.05, 4.69) is 19.1 Å². The van der Waals surface area contributed by atoms with E-state index in [9.17, 15) is 4.79 Å². The van der Waals surface area contributed by atoms with Crippen LogP contribution in [0.15, 0.2) is 12.2 Å². The Balaban J connectivity index is 0. The Morgan fingerprint density at radius 2 is 1.47 bits per heavy atom. The third-order valence-corrected chi connectivity index (χ3v) is 2.65. The van der Waals surface area contributed by atoms with Gasteiger partial charge < -0.3 is 5.11 Å². The second-order valence-electron chi connectivity index (χ2n) is 4.31. The maximum atomic E-state index is 10.3. The van der Waals surface area contributed by atoms with E-state index in [1.54, 1.807) is 0 Å². The van der Waals surface area contributed by atoms with Gasteiger partial charge in [-0.15, -0.1) is 0 Å². The van der Waals surface area contributed by atoms with Gasteiger partial charge in [-0.1, -0.05) is 51.2 Å². The molecule has 0 bridgehead atoms. The molecule has 0 aromatic carbocycles. The predicted molar refractivity (Wildman–Crippen MR) is 77.2 cm³/mol. The Bertz CT molecular complexity index is 191. The van der Waals surface area contributed by atoms with E-state index < -0.39 is 5.97 Å². The zero-order valence-electron chi connectivity index (χ0n) is 10.6. The molecule has 0 amide bonds. The fraction of sp³-hybridized carbons (Fsp3) is 0.786. The van der Waals surface area contributed by atoms with Gasteiger partial charge in [0.15, 0.2) is 0 Å². The van der Waals surface area contributed by atoms with Crippen LogP contribution in [0.3, 0.4) is 0 Å². The number of hydrogen-bond acceptors (Lipinski definition) is 1. The van der Waals surface area contributed by atoms with Gasteiger partial charge in [0.05, 0.1) is 0 Å². The number of unbranched alkanes of at least 4 members (excludes halogenated alkanes) is 7. The monoisotopic (exact) mass is 366 g/mol. The fourth-order valence-electron chi connectivity index (χ4n) is 1.63. The summed E-state index contributed by atoms with van der Waals surface area (Å²) in [6.07, 6.45) is 15.4. The third-order valence-electron chi connectivity index (χ3n) is 2.65. The van der Waals surface area contributed by atoms with Gasteiger partial charge in [-0.2, -0.15) is 0 Å². The molecule has 0 heterocycles. The SMILES string of the molecule is CCCCC=CCCCCCCCC(=O)O.[BaH2]. The molecule has 0 rings (SSSR count). The van der Waals surface area contributed by atoms with E-state index in [1.807, 2.05) is 0 Å². The molecule has 17 heavy (non-hydrogen) atoms. The van der Waals surface area contributed by atoms with Crippen LogP contribution in [0.25, 0.3) is 0 Å². The van der Waals surface area contributed by atoms with Crippen molar-refractivity contribution in [1.82, 2.24) is 0 Å². The molecule has 0 aliphatic carbocycles. The molecular weight excluding hydrogens is 337 g/mol. The van der Waals surface area contributed by atoms with Gasteiger partial charge in [0.25, 0.3) is 0 Å². The van der Waals surface area contributed by atoms with Crippen LogP contribution in [-0.4, -0.2) is 60.0 Å². The number of carboxylic acid groups (broad SMARTS) is 1. The normalized spacial score (nSPS) is 10.4. The predicted octanol–water partition coefficient (Wildman–Crippen LogP) is 3.63. The van der Waals surface area contributed by atoms with Crippen molar-refractivity contribution in [2.24, 2.45) is 0 Å². The van der Waals surface area contributed by atoms with Gasteiger partial charge >= 0.3 is 54.9 Å². The molecule has 0 aromatic rings. The van der Waals surface area contributed by atoms with Gasteiger partial charge in [-0.3, -0.25) is 4.79 Å². The topological polar surface area (TPSA) is 37.3 Å². The molecule has 0 aliphatic heterocycles. The van der Waals surface area contributed by atoms with Gasteiger partial charge in [0, 0.05) is 6.42 Å². The summed E-state index contributed by atoms with van der Waals surface area (Å²) in [6, 6.07) is 0. The molecular formula is C14H28BaO2. The van der Waals surface area contributed by atoms with Crippen molar-refractivity contribution in [3.8, 4) is 0 Å². The van der Waals surface area contributed by atoms with Crippen LogP contribution >= 0.6 is 0 Å². The minimum atomic E-state index is -0.668. The fourth-order valence-corrected chi connectivity index (χ4v) is 1.63. The quantitative estimate of drug-likeness (QED) is 0.345. The molecule has 0 unspecified atom stereocenters. The van der Waals surface area contributed by atoms with E-state index in [0.29, 0.717) is 6.42 Å². The summed E-state index contributed by atoms with van der Waals surface area (Å²) in [6.45, 7) is 2.21. The van der Waals surface area contributed by atoms with E-state index in [0.717, 1.165) is 12.8 Å². The Labute approximate surface area is 146 Å². The van der Waals surface area contributed by atoms with Crippen molar-refractivity contribution >= 4 is 54.9 Å². The van der Waals surface area contributed by atoms with Gasteiger partial charge in [-0.05, 0) is 25.7 Å². The first-order valence-corrected chi connectivity index (χ1v) is 6.64. The van der Waals surface area contributed by atoms with Crippen LogP contribution in [0.1, 0.15) is 71.1 Å². The molecule has 1 N–H and O–H groups in total. The zero-order valence-corrected chi connectivity index (χ0v) is 10.6. The summed E-state index contributed by atoms with van der Waals surface area (Å²) in [7, 11) is 0. The first-order chi connectivity index (χ1) is 7.77. The van der Waals surface area contributed by atoms with Gasteiger partial charge in [0.1, 0.15) is 0 Å². The second kappa shape index (κ2) is 16.8. The van der Waals surface area contributed by atoms with Gasteiger partial charge in [0.2, 0.25) is 0 Å². The van der Waals surface area contributed by atoms with E-state index in [-0.39, 0.29) is 48.9 Å². The van der Waals surface area contributed by atoms with Crippen molar-refractivity contribution in [2.45, 2.75) is 71.1 Å². The molecule has 0 atom stereocenters. The number of hydrogen-bond donors (Lipinski definition) is 1. The number of aliphatic carboxylic acids is 1. The number of carbonyl (C=O) groups is 1. The number of allylic oxidation sites excluding steroid dienone is 2. The van der Waals surface area contributed by atoms with Crippen LogP contribution in [0, 0.1) is 0 Å². The molecule has 2 nitrogen and oxygen atoms in total. The molecule has 0 aromatic heterocycles. The average molecular weight is 366 g/mol. The molecule has 0 saturated carbocycles. The maximum absolute atomic E-state index is 10.3. The summed E-state index contributed by atoms with van der Waals surface area (Å²) in [5.41, 5.74) is 0. The Morgan fingerprint density at radius 3 is 2.06 bits per heavy atom. The Hall–Kier alpha value is 0.781. The van der Waals surface area contributed by atoms with Crippen LogP contribution in [-0.2, 0) is 4.79 Å². The van der Waals surface area contributed by atoms with Crippen LogP contribution in [0.4, 0.5) is 0 Å². The van der Waals surface area contributed by atoms with Crippen LogP contribution in [0.2, 0.25) is 0 Å². The molecule has 0 spiro atoms. The molecule has 3 heteroatoms. The van der Waals surface area contributed by atoms with Crippen molar-refractivity contribution in [1.29, 1.82) is 0 Å². The standard InChI is InChI=1S/C14H26O2.Ba.2H/c1-2-3-4-5-6-7-8-9-10-11-12-13-14(15)16;;;/h5-6H,2-4,7-13H2,1H3,(H,15,16);;;. The van der Waals surface area contributed by atoms with Crippen molar-refractivity contribution in [3.05, 3.63) is 12.2 Å². The van der Waals surface area contributed by atoms with E-state index >= 15 is 0 Å². The third kappa shape index (κ3) is 19.3. The van der Waals surface area contributed by atoms with E-state index in [4.69, 9.17) is 5.11 Å². The average Bonchev–Trinajstić information content (AvgIpc) is 2.25. The summed E-state index contributed by atoms with van der Waals surface area (Å²) < 4.78 is 0. The summed E-state index contributed by atoms with van der Waals surface area (Å²) in [5, 5.41) is 8.45. The molecule has 98 valence electrons. The molecule has 0 aliphatic rings. The van der Waals surface area contributed by atoms with E-state index in [1.165, 1.54) is 44.9 Å². The Morgan fingerprint density at radius 1 is 0.941 bits per heavy atom. The first-order valence-electron chi connectivity index (χ1n) is 6.64. The molecule has 0 radical (unpaired) electrons. The van der Waals surface area contributed by atoms with Crippen LogP contribution < -0.4 is 0 Å². The molecule has 0 fully saturated rings. The minimum absolute atomic E-state index is 0. The van der Waals surface area contributed by atoms with Crippen molar-refractivity contribution in [2.75, 3.05) is 0 Å². The molecule has 0 saturated heterocycles. The summed E-state index contributed by atoms with van der Waals surface area (Å²) >= 11 is 0. The van der Waals surface area contributed by atoms with Crippen molar-refractivity contribution < 1.29 is 9.90 Å². The zero-order chi connectivity index (χ0) is 12.1. The second-order valence-corrected chi connectivity index (χ2v) is 4.31. The summed E-state index contributed by atoms with van der Waals surface area (Å²) in [4.78, 5) is 10.3. The first kappa shape index (κ1) is 20.1. The van der Waals surface area contributed by atoms with Crippen LogP contribution in [0.5, 0.6) is 0 Å². The van der Waals surface area contributed by atoms with Gasteiger partial charge in [-0.25, -0.2) is 0 Å². The van der Waals surface area contributed by atoms with Crippen molar-refractivity contribution in [3.63, 3.8) is 0 Å². The summed E-state index contributed by atoms with van der Waals surface area (Å²) in [5.74, 6) is -0.668.